The van der Waals surface area contributed by atoms with Gasteiger partial charge >= 0.3 is 0 Å². The summed E-state index contributed by atoms with van der Waals surface area (Å²) in [5, 5.41) is 1.30. The maximum Gasteiger partial charge on any atom is 0.0707 e. The summed E-state index contributed by atoms with van der Waals surface area (Å²) in [6.07, 6.45) is 9.51. The third-order valence-electron chi connectivity index (χ3n) is 3.81. The number of pyridine rings is 1. The van der Waals surface area contributed by atoms with Crippen molar-refractivity contribution in [3.05, 3.63) is 47.2 Å². The molecule has 0 spiro atoms. The first kappa shape index (κ1) is 11.5. The van der Waals surface area contributed by atoms with Gasteiger partial charge in [-0.15, -0.1) is 0 Å². The van der Waals surface area contributed by atoms with Gasteiger partial charge in [0.15, 0.2) is 0 Å². The van der Waals surface area contributed by atoms with Gasteiger partial charge in [0.2, 0.25) is 0 Å². The van der Waals surface area contributed by atoms with Gasteiger partial charge < -0.3 is 0 Å². The molecule has 92 valence electrons. The number of nitrogens with zero attached hydrogens (tertiary/aromatic N) is 1. The minimum atomic E-state index is 1.12. The lowest BCUT2D eigenvalue weighted by Gasteiger charge is -2.13. The molecule has 0 saturated carbocycles. The van der Waals surface area contributed by atoms with Crippen LogP contribution in [0.2, 0.25) is 0 Å². The lowest BCUT2D eigenvalue weighted by atomic mass is 9.93. The topological polar surface area (TPSA) is 12.9 Å². The molecule has 0 aliphatic heterocycles. The van der Waals surface area contributed by atoms with Gasteiger partial charge in [-0.05, 0) is 73.9 Å². The normalized spacial score (nSPS) is 15.8. The number of hydrogen-bond donors (Lipinski definition) is 0. The molecule has 0 bridgehead atoms. The van der Waals surface area contributed by atoms with Crippen LogP contribution in [0.15, 0.2) is 30.5 Å². The molecule has 1 heteroatoms. The van der Waals surface area contributed by atoms with Crippen LogP contribution in [0.4, 0.5) is 0 Å². The highest BCUT2D eigenvalue weighted by atomic mass is 14.7. The van der Waals surface area contributed by atoms with E-state index >= 15 is 0 Å². The molecular weight excluding hydrogens is 218 g/mol. The summed E-state index contributed by atoms with van der Waals surface area (Å²) in [6, 6.07) is 6.72. The summed E-state index contributed by atoms with van der Waals surface area (Å²) >= 11 is 0. The van der Waals surface area contributed by atoms with Crippen LogP contribution < -0.4 is 0 Å². The molecule has 1 heterocycles. The van der Waals surface area contributed by atoms with E-state index in [0.29, 0.717) is 0 Å². The molecule has 1 aliphatic carbocycles. The molecular formula is C17H19N. The fraction of sp³-hybridized carbons (Fsp3) is 0.353. The number of aromatic nitrogens is 1. The lowest BCUT2D eigenvalue weighted by Crippen LogP contribution is -1.94. The number of allylic oxidation sites excluding steroid dienone is 2. The highest BCUT2D eigenvalue weighted by Gasteiger charge is 2.08. The summed E-state index contributed by atoms with van der Waals surface area (Å²) < 4.78 is 0. The van der Waals surface area contributed by atoms with Crippen molar-refractivity contribution < 1.29 is 0 Å². The van der Waals surface area contributed by atoms with Crippen molar-refractivity contribution in [2.75, 3.05) is 0 Å². The smallest absolute Gasteiger partial charge is 0.0707 e. The summed E-state index contributed by atoms with van der Waals surface area (Å²) in [7, 11) is 0. The van der Waals surface area contributed by atoms with Crippen molar-refractivity contribution in [1.82, 2.24) is 4.98 Å². The molecule has 1 aliphatic rings. The largest absolute Gasteiger partial charge is 0.256 e. The highest BCUT2D eigenvalue weighted by Crippen LogP contribution is 2.29. The Bertz CT molecular complexity index is 623. The summed E-state index contributed by atoms with van der Waals surface area (Å²) in [4.78, 5) is 4.64. The maximum absolute atomic E-state index is 4.64. The number of rotatable bonds is 1. The van der Waals surface area contributed by atoms with Gasteiger partial charge in [0.25, 0.3) is 0 Å². The molecule has 0 amide bonds. The Morgan fingerprint density at radius 2 is 1.94 bits per heavy atom. The van der Waals surface area contributed by atoms with Gasteiger partial charge in [-0.3, -0.25) is 4.98 Å². The average molecular weight is 237 g/mol. The van der Waals surface area contributed by atoms with E-state index in [1.807, 2.05) is 6.20 Å². The molecule has 18 heavy (non-hydrogen) atoms. The van der Waals surface area contributed by atoms with E-state index in [0.717, 1.165) is 5.52 Å². The van der Waals surface area contributed by atoms with E-state index in [9.17, 15) is 0 Å². The van der Waals surface area contributed by atoms with E-state index in [4.69, 9.17) is 0 Å². The predicted octanol–water partition coefficient (Wildman–Crippen LogP) is 4.81. The fourth-order valence-corrected chi connectivity index (χ4v) is 2.86. The predicted molar refractivity (Wildman–Crippen MR) is 77.7 cm³/mol. The molecule has 2 aromatic rings. The van der Waals surface area contributed by atoms with E-state index < -0.39 is 0 Å². The second kappa shape index (κ2) is 4.56. The van der Waals surface area contributed by atoms with Crippen LogP contribution in [0.3, 0.4) is 0 Å². The van der Waals surface area contributed by atoms with Crippen molar-refractivity contribution in [2.24, 2.45) is 0 Å². The first-order valence-corrected chi connectivity index (χ1v) is 6.80. The monoisotopic (exact) mass is 237 g/mol. The molecule has 3 rings (SSSR count). The van der Waals surface area contributed by atoms with Crippen LogP contribution in [0, 0.1) is 13.8 Å². The average Bonchev–Trinajstić information content (AvgIpc) is 2.39. The van der Waals surface area contributed by atoms with Crippen LogP contribution >= 0.6 is 0 Å². The van der Waals surface area contributed by atoms with Crippen LogP contribution in [0.5, 0.6) is 0 Å². The summed E-state index contributed by atoms with van der Waals surface area (Å²) in [5.41, 5.74) is 6.53. The zero-order valence-electron chi connectivity index (χ0n) is 11.2. The number of fused-ring (bicyclic) bond motifs is 1. The fourth-order valence-electron chi connectivity index (χ4n) is 2.86. The van der Waals surface area contributed by atoms with Gasteiger partial charge in [0.1, 0.15) is 0 Å². The minimum Gasteiger partial charge on any atom is -0.256 e. The maximum atomic E-state index is 4.64. The zero-order valence-corrected chi connectivity index (χ0v) is 11.2. The van der Waals surface area contributed by atoms with Gasteiger partial charge in [-0.1, -0.05) is 12.1 Å². The van der Waals surface area contributed by atoms with Crippen LogP contribution in [0.1, 0.15) is 42.4 Å². The van der Waals surface area contributed by atoms with E-state index in [1.165, 1.54) is 53.3 Å². The lowest BCUT2D eigenvalue weighted by molar-refractivity contribution is 0.742. The molecule has 0 N–H and O–H groups in total. The molecule has 0 saturated heterocycles. The van der Waals surface area contributed by atoms with Crippen LogP contribution in [-0.4, -0.2) is 4.98 Å². The first-order chi connectivity index (χ1) is 8.74. The van der Waals surface area contributed by atoms with Crippen molar-refractivity contribution in [2.45, 2.75) is 39.5 Å². The second-order valence-corrected chi connectivity index (χ2v) is 5.35. The van der Waals surface area contributed by atoms with E-state index in [2.05, 4.69) is 43.1 Å². The van der Waals surface area contributed by atoms with E-state index in [-0.39, 0.29) is 0 Å². The van der Waals surface area contributed by atoms with Crippen molar-refractivity contribution in [3.63, 3.8) is 0 Å². The summed E-state index contributed by atoms with van der Waals surface area (Å²) in [5.74, 6) is 0. The molecule has 0 atom stereocenters. The quantitative estimate of drug-likeness (QED) is 0.693. The molecule has 1 nitrogen and oxygen atoms in total. The number of aryl methyl sites for hydroxylation is 2. The van der Waals surface area contributed by atoms with Gasteiger partial charge in [-0.25, -0.2) is 0 Å². The third-order valence-corrected chi connectivity index (χ3v) is 3.81. The first-order valence-electron chi connectivity index (χ1n) is 6.80. The van der Waals surface area contributed by atoms with Crippen LogP contribution in [0.25, 0.3) is 16.5 Å². The van der Waals surface area contributed by atoms with Gasteiger partial charge in [0.05, 0.1) is 5.52 Å². The second-order valence-electron chi connectivity index (χ2n) is 5.35. The van der Waals surface area contributed by atoms with Crippen molar-refractivity contribution >= 4 is 16.5 Å². The number of hydrogen-bond acceptors (Lipinski definition) is 1. The molecule has 1 aromatic carbocycles. The van der Waals surface area contributed by atoms with Gasteiger partial charge in [-0.2, -0.15) is 0 Å². The van der Waals surface area contributed by atoms with Gasteiger partial charge in [0, 0.05) is 11.6 Å². The highest BCUT2D eigenvalue weighted by molar-refractivity contribution is 5.86. The Morgan fingerprint density at radius 1 is 1.06 bits per heavy atom. The zero-order chi connectivity index (χ0) is 12.5. The van der Waals surface area contributed by atoms with Crippen molar-refractivity contribution in [1.29, 1.82) is 0 Å². The standard InChI is InChI=1S/C17H19N/c1-12-8-13(2)16-10-15(11-18-17(16)9-12)14-6-4-3-5-7-14/h6,8-11H,3-5,7H2,1-2H3. The SMILES string of the molecule is Cc1cc(C)c2cc(C3=CCCCC3)cnc2c1. The Morgan fingerprint density at radius 3 is 2.72 bits per heavy atom. The molecule has 1 aromatic heterocycles. The Labute approximate surface area is 109 Å². The molecule has 0 fully saturated rings. The van der Waals surface area contributed by atoms with Crippen molar-refractivity contribution in [3.8, 4) is 0 Å². The number of benzene rings is 1. The van der Waals surface area contributed by atoms with E-state index in [1.54, 1.807) is 0 Å². The molecule has 0 radical (unpaired) electrons. The Hall–Kier alpha value is -1.63. The minimum absolute atomic E-state index is 1.12. The molecule has 0 unspecified atom stereocenters. The Kier molecular flexibility index (Phi) is 2.91. The summed E-state index contributed by atoms with van der Waals surface area (Å²) in [6.45, 7) is 4.31. The Balaban J connectivity index is 2.13. The third kappa shape index (κ3) is 2.05. The van der Waals surface area contributed by atoms with Crippen LogP contribution in [-0.2, 0) is 0 Å².